The van der Waals surface area contributed by atoms with E-state index in [2.05, 4.69) is 15.3 Å². The molecule has 0 atom stereocenters. The van der Waals surface area contributed by atoms with Crippen LogP contribution in [0.1, 0.15) is 12.7 Å². The smallest absolute Gasteiger partial charge is 0.407 e. The number of H-pyrrole nitrogens is 1. The number of hydrogen-bond acceptors (Lipinski definition) is 3. The first-order valence-corrected chi connectivity index (χ1v) is 3.71. The molecule has 1 rings (SSSR count). The van der Waals surface area contributed by atoms with Crippen molar-refractivity contribution in [3.05, 3.63) is 18.2 Å². The van der Waals surface area contributed by atoms with Crippen molar-refractivity contribution in [2.45, 2.75) is 13.5 Å². The van der Waals surface area contributed by atoms with Crippen LogP contribution < -0.4 is 5.32 Å². The highest BCUT2D eigenvalue weighted by Gasteiger charge is 2.00. The molecule has 1 aromatic heterocycles. The van der Waals surface area contributed by atoms with Crippen molar-refractivity contribution in [1.29, 1.82) is 0 Å². The van der Waals surface area contributed by atoms with Crippen LogP contribution in [0, 0.1) is 0 Å². The number of aromatic amines is 1. The number of carbonyl (C=O) groups is 1. The van der Waals surface area contributed by atoms with E-state index in [0.717, 1.165) is 0 Å². The number of carbonyl (C=O) groups excluding carboxylic acids is 1. The van der Waals surface area contributed by atoms with E-state index < -0.39 is 6.09 Å². The molecular weight excluding hydrogens is 158 g/mol. The Morgan fingerprint density at radius 2 is 2.67 bits per heavy atom. The lowest BCUT2D eigenvalue weighted by Crippen LogP contribution is -2.23. The second kappa shape index (κ2) is 4.38. The van der Waals surface area contributed by atoms with Crippen LogP contribution in [0.15, 0.2) is 12.4 Å². The normalized spacial score (nSPS) is 9.42. The van der Waals surface area contributed by atoms with Crippen LogP contribution in [-0.4, -0.2) is 22.6 Å². The standard InChI is InChI=1S/C7H11N3O2/c1-2-8-7(11)12-5-6-9-3-4-10-6/h3-4H,2,5H2,1H3,(H,8,11)(H,9,10). The molecule has 0 saturated heterocycles. The number of nitrogens with one attached hydrogen (secondary N) is 2. The Morgan fingerprint density at radius 1 is 1.83 bits per heavy atom. The highest BCUT2D eigenvalue weighted by molar-refractivity contribution is 5.66. The topological polar surface area (TPSA) is 67.0 Å². The molecule has 0 bridgehead atoms. The molecule has 0 unspecified atom stereocenters. The second-order valence-corrected chi connectivity index (χ2v) is 2.14. The largest absolute Gasteiger partial charge is 0.441 e. The lowest BCUT2D eigenvalue weighted by molar-refractivity contribution is 0.137. The van der Waals surface area contributed by atoms with E-state index in [1.54, 1.807) is 12.4 Å². The van der Waals surface area contributed by atoms with Gasteiger partial charge in [0.25, 0.3) is 0 Å². The molecule has 0 aliphatic rings. The number of imidazole rings is 1. The molecule has 0 aromatic carbocycles. The van der Waals surface area contributed by atoms with Gasteiger partial charge < -0.3 is 15.0 Å². The summed E-state index contributed by atoms with van der Waals surface area (Å²) >= 11 is 0. The fourth-order valence-electron chi connectivity index (χ4n) is 0.706. The summed E-state index contributed by atoms with van der Waals surface area (Å²) in [5.41, 5.74) is 0. The van der Waals surface area contributed by atoms with Gasteiger partial charge in [0.1, 0.15) is 5.82 Å². The van der Waals surface area contributed by atoms with E-state index in [9.17, 15) is 4.79 Å². The number of aromatic nitrogens is 2. The Bertz CT molecular complexity index is 233. The van der Waals surface area contributed by atoms with Crippen molar-refractivity contribution >= 4 is 6.09 Å². The molecule has 5 nitrogen and oxygen atoms in total. The SMILES string of the molecule is CCNC(=O)OCc1ncc[nH]1. The number of rotatable bonds is 3. The van der Waals surface area contributed by atoms with Crippen molar-refractivity contribution < 1.29 is 9.53 Å². The quantitative estimate of drug-likeness (QED) is 0.698. The van der Waals surface area contributed by atoms with Crippen molar-refractivity contribution in [3.63, 3.8) is 0 Å². The van der Waals surface area contributed by atoms with Crippen LogP contribution in [0.4, 0.5) is 4.79 Å². The minimum Gasteiger partial charge on any atom is -0.441 e. The van der Waals surface area contributed by atoms with Gasteiger partial charge >= 0.3 is 6.09 Å². The Kier molecular flexibility index (Phi) is 3.13. The summed E-state index contributed by atoms with van der Waals surface area (Å²) in [7, 11) is 0. The van der Waals surface area contributed by atoms with Crippen LogP contribution in [0.25, 0.3) is 0 Å². The number of ether oxygens (including phenoxy) is 1. The van der Waals surface area contributed by atoms with E-state index in [0.29, 0.717) is 12.4 Å². The van der Waals surface area contributed by atoms with Gasteiger partial charge in [0.05, 0.1) is 0 Å². The van der Waals surface area contributed by atoms with E-state index >= 15 is 0 Å². The van der Waals surface area contributed by atoms with Gasteiger partial charge in [-0.25, -0.2) is 9.78 Å². The summed E-state index contributed by atoms with van der Waals surface area (Å²) in [6, 6.07) is 0. The summed E-state index contributed by atoms with van der Waals surface area (Å²) in [4.78, 5) is 17.5. The Morgan fingerprint density at radius 3 is 3.25 bits per heavy atom. The Balaban J connectivity index is 2.22. The maximum Gasteiger partial charge on any atom is 0.407 e. The molecule has 0 aliphatic heterocycles. The molecule has 1 heterocycles. The molecule has 1 aromatic rings. The number of hydrogen-bond donors (Lipinski definition) is 2. The van der Waals surface area contributed by atoms with Gasteiger partial charge in [-0.2, -0.15) is 0 Å². The fourth-order valence-corrected chi connectivity index (χ4v) is 0.706. The van der Waals surface area contributed by atoms with Crippen LogP contribution in [0.2, 0.25) is 0 Å². The van der Waals surface area contributed by atoms with Gasteiger partial charge in [-0.3, -0.25) is 0 Å². The van der Waals surface area contributed by atoms with Gasteiger partial charge in [0, 0.05) is 18.9 Å². The lowest BCUT2D eigenvalue weighted by Gasteiger charge is -2.01. The molecule has 0 aliphatic carbocycles. The Hall–Kier alpha value is -1.52. The van der Waals surface area contributed by atoms with Crippen molar-refractivity contribution in [1.82, 2.24) is 15.3 Å². The summed E-state index contributed by atoms with van der Waals surface area (Å²) < 4.78 is 4.78. The predicted octanol–water partition coefficient (Wildman–Crippen LogP) is 0.656. The minimum absolute atomic E-state index is 0.179. The number of alkyl carbamates (subject to hydrolysis) is 1. The van der Waals surface area contributed by atoms with Gasteiger partial charge in [-0.15, -0.1) is 0 Å². The second-order valence-electron chi connectivity index (χ2n) is 2.14. The molecule has 0 spiro atoms. The third-order valence-corrected chi connectivity index (χ3v) is 1.22. The van der Waals surface area contributed by atoms with Crippen LogP contribution in [0.5, 0.6) is 0 Å². The van der Waals surface area contributed by atoms with Crippen LogP contribution in [-0.2, 0) is 11.3 Å². The zero-order valence-corrected chi connectivity index (χ0v) is 6.83. The molecule has 0 saturated carbocycles. The first-order valence-electron chi connectivity index (χ1n) is 3.71. The van der Waals surface area contributed by atoms with Crippen molar-refractivity contribution in [2.75, 3.05) is 6.54 Å². The lowest BCUT2D eigenvalue weighted by atomic mass is 10.7. The van der Waals surface area contributed by atoms with Gasteiger partial charge in [0.15, 0.2) is 6.61 Å². The third kappa shape index (κ3) is 2.61. The van der Waals surface area contributed by atoms with E-state index in [1.807, 2.05) is 6.92 Å². The van der Waals surface area contributed by atoms with Gasteiger partial charge in [-0.1, -0.05) is 0 Å². The highest BCUT2D eigenvalue weighted by Crippen LogP contribution is 1.91. The molecule has 12 heavy (non-hydrogen) atoms. The molecule has 2 N–H and O–H groups in total. The number of amides is 1. The zero-order valence-electron chi connectivity index (χ0n) is 6.83. The van der Waals surface area contributed by atoms with Crippen molar-refractivity contribution in [2.24, 2.45) is 0 Å². The zero-order chi connectivity index (χ0) is 8.81. The van der Waals surface area contributed by atoms with Crippen LogP contribution in [0.3, 0.4) is 0 Å². The minimum atomic E-state index is -0.422. The number of nitrogens with zero attached hydrogens (tertiary/aromatic N) is 1. The summed E-state index contributed by atoms with van der Waals surface area (Å²) in [6.45, 7) is 2.57. The monoisotopic (exact) mass is 169 g/mol. The van der Waals surface area contributed by atoms with E-state index in [4.69, 9.17) is 4.74 Å². The maximum absolute atomic E-state index is 10.8. The third-order valence-electron chi connectivity index (χ3n) is 1.22. The molecule has 1 amide bonds. The van der Waals surface area contributed by atoms with E-state index in [1.165, 1.54) is 0 Å². The average molecular weight is 169 g/mol. The fraction of sp³-hybridized carbons (Fsp3) is 0.429. The molecule has 66 valence electrons. The Labute approximate surface area is 70.1 Å². The molecule has 5 heteroatoms. The van der Waals surface area contributed by atoms with Crippen LogP contribution >= 0.6 is 0 Å². The first kappa shape index (κ1) is 8.58. The maximum atomic E-state index is 10.8. The molecular formula is C7H11N3O2. The van der Waals surface area contributed by atoms with Gasteiger partial charge in [0.2, 0.25) is 0 Å². The van der Waals surface area contributed by atoms with E-state index in [-0.39, 0.29) is 6.61 Å². The highest BCUT2D eigenvalue weighted by atomic mass is 16.5. The average Bonchev–Trinajstić information content (AvgIpc) is 2.53. The first-order chi connectivity index (χ1) is 5.83. The molecule has 0 fully saturated rings. The van der Waals surface area contributed by atoms with Gasteiger partial charge in [-0.05, 0) is 6.92 Å². The predicted molar refractivity (Wildman–Crippen MR) is 42.4 cm³/mol. The molecule has 0 radical (unpaired) electrons. The summed E-state index contributed by atoms with van der Waals surface area (Å²) in [6.07, 6.45) is 2.86. The summed E-state index contributed by atoms with van der Waals surface area (Å²) in [5.74, 6) is 0.640. The summed E-state index contributed by atoms with van der Waals surface area (Å²) in [5, 5.41) is 2.51. The van der Waals surface area contributed by atoms with Crippen molar-refractivity contribution in [3.8, 4) is 0 Å².